The van der Waals surface area contributed by atoms with Gasteiger partial charge in [-0.3, -0.25) is 38.4 Å². The number of carbonyl (C=O) groups excluding carboxylic acids is 3. The Morgan fingerprint density at radius 1 is 0.360 bits per heavy atom. The van der Waals surface area contributed by atoms with Crippen molar-refractivity contribution in [2.75, 3.05) is 77.2 Å². The quantitative estimate of drug-likeness (QED) is 0.0268. The first kappa shape index (κ1) is 100. The van der Waals surface area contributed by atoms with E-state index in [2.05, 4.69) is 57.9 Å². The van der Waals surface area contributed by atoms with Crippen molar-refractivity contribution in [1.29, 1.82) is 0 Å². The highest BCUT2D eigenvalue weighted by Gasteiger charge is 2.24. The van der Waals surface area contributed by atoms with Crippen molar-refractivity contribution < 1.29 is 108 Å². The molecule has 27 nitrogen and oxygen atoms in total. The van der Waals surface area contributed by atoms with Crippen LogP contribution in [0.2, 0.25) is 0 Å². The molecule has 89 heavy (non-hydrogen) atoms. The van der Waals surface area contributed by atoms with E-state index in [-0.39, 0.29) is 67.1 Å². The van der Waals surface area contributed by atoms with E-state index in [1.807, 2.05) is 12.5 Å². The molecule has 0 saturated carbocycles. The van der Waals surface area contributed by atoms with Crippen molar-refractivity contribution in [2.45, 2.75) is 202 Å². The van der Waals surface area contributed by atoms with Crippen LogP contribution in [-0.4, -0.2) is 214 Å². The fourth-order valence-electron chi connectivity index (χ4n) is 5.95. The Hall–Kier alpha value is -4.98. The molecule has 0 rings (SSSR count). The first-order valence-corrected chi connectivity index (χ1v) is 33.9. The third-order valence-electron chi connectivity index (χ3n) is 11.5. The SMILES string of the molecule is CCCCCC(N)C(=O)NC(CCCCC)C(=O)O.CCCCCC(N)C(=O)NC(CCCCC)C(=O)O.COCC(C)C(=O)O.COCC(C)C(=O)O.COCC(C)C(=O)O.CSCC(C)C(=O)O.CSCC(C)C(=O)O.CSCC(NC(C)=O)C(=O)O. The molecule has 0 heterocycles. The number of hydrogen-bond acceptors (Lipinski definition) is 19. The maximum Gasteiger partial charge on any atom is 0.327 e. The Bertz CT molecular complexity index is 1660. The Kier molecular flexibility index (Phi) is 79.4. The number of carboxylic acid groups (broad SMARTS) is 8. The van der Waals surface area contributed by atoms with E-state index in [0.717, 1.165) is 77.0 Å². The van der Waals surface area contributed by atoms with Crippen LogP contribution < -0.4 is 27.4 Å². The second kappa shape index (κ2) is 70.5. The lowest BCUT2D eigenvalue weighted by molar-refractivity contribution is -0.143. The smallest absolute Gasteiger partial charge is 0.327 e. The van der Waals surface area contributed by atoms with Gasteiger partial charge in [0.15, 0.2) is 0 Å². The molecule has 528 valence electrons. The van der Waals surface area contributed by atoms with Gasteiger partial charge in [0.1, 0.15) is 18.1 Å². The zero-order valence-electron chi connectivity index (χ0n) is 56.0. The van der Waals surface area contributed by atoms with Gasteiger partial charge in [0.05, 0.1) is 61.5 Å². The minimum Gasteiger partial charge on any atom is -0.481 e. The molecule has 15 N–H and O–H groups in total. The molecule has 10 unspecified atom stereocenters. The van der Waals surface area contributed by atoms with Gasteiger partial charge in [-0.15, -0.1) is 0 Å². The molecule has 0 aromatic heterocycles. The van der Waals surface area contributed by atoms with Crippen LogP contribution >= 0.6 is 35.3 Å². The molecular formula is C59H117N5O22S3. The second-order valence-electron chi connectivity index (χ2n) is 20.5. The van der Waals surface area contributed by atoms with Gasteiger partial charge in [0, 0.05) is 45.5 Å². The van der Waals surface area contributed by atoms with Gasteiger partial charge in [0.2, 0.25) is 17.7 Å². The molecule has 0 aliphatic heterocycles. The highest BCUT2D eigenvalue weighted by atomic mass is 32.2. The van der Waals surface area contributed by atoms with Crippen LogP contribution in [0.15, 0.2) is 0 Å². The van der Waals surface area contributed by atoms with Crippen LogP contribution in [0.3, 0.4) is 0 Å². The highest BCUT2D eigenvalue weighted by Crippen LogP contribution is 2.09. The number of aliphatic carboxylic acids is 8. The Morgan fingerprint density at radius 3 is 0.753 bits per heavy atom. The number of amides is 3. The summed E-state index contributed by atoms with van der Waals surface area (Å²) in [5.74, 6) is -7.59. The van der Waals surface area contributed by atoms with E-state index in [1.54, 1.807) is 64.4 Å². The van der Waals surface area contributed by atoms with Crippen molar-refractivity contribution in [3.05, 3.63) is 0 Å². The zero-order valence-corrected chi connectivity index (χ0v) is 58.5. The van der Waals surface area contributed by atoms with Gasteiger partial charge < -0.3 is 82.5 Å². The summed E-state index contributed by atoms with van der Waals surface area (Å²) < 4.78 is 13.8. The minimum absolute atomic E-state index is 0.204. The molecule has 0 fully saturated rings. The number of rotatable bonds is 41. The van der Waals surface area contributed by atoms with Gasteiger partial charge in [-0.2, -0.15) is 35.3 Å². The molecule has 0 aromatic carbocycles. The summed E-state index contributed by atoms with van der Waals surface area (Å²) in [5.41, 5.74) is 11.5. The molecule has 0 aliphatic rings. The minimum atomic E-state index is -0.991. The fraction of sp³-hybridized carbons (Fsp3) is 0.814. The largest absolute Gasteiger partial charge is 0.481 e. The molecule has 10 atom stereocenters. The van der Waals surface area contributed by atoms with Gasteiger partial charge in [-0.05, 0) is 65.2 Å². The zero-order chi connectivity index (χ0) is 71.0. The first-order valence-electron chi connectivity index (χ1n) is 29.7. The first-order chi connectivity index (χ1) is 41.5. The number of methoxy groups -OCH3 is 3. The lowest BCUT2D eigenvalue weighted by Gasteiger charge is -2.17. The van der Waals surface area contributed by atoms with Crippen molar-refractivity contribution in [2.24, 2.45) is 41.1 Å². The standard InChI is InChI=1S/2C14H28N2O3.C6H11NO3S.3C5H10O3.2C5H10O2S/c2*1-3-5-7-9-11(15)13(17)16-12(14(18)19)10-8-6-4-2;1-4(8)7-5(3-11-2)6(9)10;5*1-4(3-8-2)5(6)7/h2*11-12H,3-10,15H2,1-2H3,(H,16,17)(H,18,19);5H,3H2,1-2H3,(H,7,8)(H,9,10);5*4H,3H2,1-2H3,(H,6,7). The Balaban J connectivity index is -0.000000145. The molecule has 0 aromatic rings. The van der Waals surface area contributed by atoms with Gasteiger partial charge in [-0.1, -0.05) is 119 Å². The lowest BCUT2D eigenvalue weighted by atomic mass is 10.1. The van der Waals surface area contributed by atoms with Crippen LogP contribution in [-0.2, 0) is 67.0 Å². The summed E-state index contributed by atoms with van der Waals surface area (Å²) in [7, 11) is 4.46. The van der Waals surface area contributed by atoms with Crippen LogP contribution in [0.1, 0.15) is 172 Å². The molecule has 0 aliphatic carbocycles. The summed E-state index contributed by atoms with van der Waals surface area (Å²) in [5, 5.41) is 75.3. The summed E-state index contributed by atoms with van der Waals surface area (Å²) in [4.78, 5) is 117. The number of thioether (sulfide) groups is 3. The topological polar surface area (TPSA) is 465 Å². The predicted octanol–water partition coefficient (Wildman–Crippen LogP) is 7.23. The van der Waals surface area contributed by atoms with Crippen LogP contribution in [0.25, 0.3) is 0 Å². The van der Waals surface area contributed by atoms with Crippen LogP contribution in [0.4, 0.5) is 0 Å². The molecule has 0 saturated heterocycles. The summed E-state index contributed by atoms with van der Waals surface area (Å²) in [6, 6.07) is -3.57. The monoisotopic (exact) mass is 1340 g/mol. The number of carbonyl (C=O) groups is 11. The number of unbranched alkanes of at least 4 members (excludes halogenated alkanes) is 8. The van der Waals surface area contributed by atoms with Crippen molar-refractivity contribution >= 4 is 101 Å². The maximum atomic E-state index is 11.8. The molecule has 0 spiro atoms. The van der Waals surface area contributed by atoms with Crippen molar-refractivity contribution in [3.63, 3.8) is 0 Å². The van der Waals surface area contributed by atoms with Crippen molar-refractivity contribution in [3.8, 4) is 0 Å². The van der Waals surface area contributed by atoms with Gasteiger partial charge >= 0.3 is 47.8 Å². The van der Waals surface area contributed by atoms with Crippen molar-refractivity contribution in [1.82, 2.24) is 16.0 Å². The van der Waals surface area contributed by atoms with Gasteiger partial charge in [0.25, 0.3) is 0 Å². The molecule has 30 heteroatoms. The Labute approximate surface area is 542 Å². The number of nitrogens with one attached hydrogen (secondary N) is 3. The second-order valence-corrected chi connectivity index (χ2v) is 23.2. The molecule has 3 amide bonds. The van der Waals surface area contributed by atoms with E-state index < -0.39 is 78.0 Å². The number of hydrogen-bond donors (Lipinski definition) is 13. The maximum absolute atomic E-state index is 11.8. The van der Waals surface area contributed by atoms with E-state index in [9.17, 15) is 52.7 Å². The van der Waals surface area contributed by atoms with E-state index in [1.165, 1.54) is 40.0 Å². The molecule has 0 bridgehead atoms. The fourth-order valence-corrected chi connectivity index (χ4v) is 7.80. The average molecular weight is 1340 g/mol. The predicted molar refractivity (Wildman–Crippen MR) is 352 cm³/mol. The summed E-state index contributed by atoms with van der Waals surface area (Å²) in [6.45, 7) is 18.7. The normalized spacial score (nSPS) is 13.4. The van der Waals surface area contributed by atoms with Crippen LogP contribution in [0.5, 0.6) is 0 Å². The molecule has 0 radical (unpaired) electrons. The van der Waals surface area contributed by atoms with E-state index in [0.29, 0.717) is 42.9 Å². The average Bonchev–Trinajstić information content (AvgIpc) is 3.67. The number of ether oxygens (including phenoxy) is 3. The third-order valence-corrected chi connectivity index (χ3v) is 13.9. The van der Waals surface area contributed by atoms with E-state index >= 15 is 0 Å². The number of carboxylic acids is 8. The lowest BCUT2D eigenvalue weighted by Crippen LogP contribution is -2.48. The van der Waals surface area contributed by atoms with Gasteiger partial charge in [-0.25, -0.2) is 14.4 Å². The molecular weight excluding hydrogens is 1230 g/mol. The summed E-state index contributed by atoms with van der Waals surface area (Å²) >= 11 is 4.50. The Morgan fingerprint density at radius 2 is 0.596 bits per heavy atom. The number of nitrogens with two attached hydrogens (primary N) is 2. The van der Waals surface area contributed by atoms with Crippen LogP contribution in [0, 0.1) is 29.6 Å². The summed E-state index contributed by atoms with van der Waals surface area (Å²) in [6.07, 6.45) is 19.4. The third kappa shape index (κ3) is 75.4. The highest BCUT2D eigenvalue weighted by molar-refractivity contribution is 7.99. The van der Waals surface area contributed by atoms with E-state index in [4.69, 9.17) is 52.3 Å².